The molecule has 2 fully saturated rings. The van der Waals surface area contributed by atoms with Crippen LogP contribution in [0.5, 0.6) is 0 Å². The molecule has 3 heterocycles. The standard InChI is InChI=1S/C15H14N2O4/c18-8-2-1-3-10-6-7-16-13(9-10)17-14(19)11-4-5-12(21-11)15(17)20/h6-7,9,11-12,18H,2,4-5,8H2. The monoisotopic (exact) mass is 286 g/mol. The summed E-state index contributed by atoms with van der Waals surface area (Å²) in [6.45, 7) is -0.00522. The van der Waals surface area contributed by atoms with Gasteiger partial charge in [0.05, 0.1) is 6.61 Å². The van der Waals surface area contributed by atoms with Crippen LogP contribution in [0.4, 0.5) is 5.82 Å². The number of ether oxygens (including phenoxy) is 1. The molecule has 0 saturated carbocycles. The molecule has 1 N–H and O–H groups in total. The number of nitrogens with zero attached hydrogens (tertiary/aromatic N) is 2. The fourth-order valence-corrected chi connectivity index (χ4v) is 2.46. The van der Waals surface area contributed by atoms with E-state index in [2.05, 4.69) is 16.8 Å². The highest BCUT2D eigenvalue weighted by Gasteiger charge is 2.47. The summed E-state index contributed by atoms with van der Waals surface area (Å²) in [6, 6.07) is 3.29. The molecule has 1 aromatic rings. The van der Waals surface area contributed by atoms with Crippen molar-refractivity contribution in [2.24, 2.45) is 0 Å². The molecule has 6 nitrogen and oxygen atoms in total. The molecule has 2 amide bonds. The van der Waals surface area contributed by atoms with E-state index < -0.39 is 12.2 Å². The summed E-state index contributed by atoms with van der Waals surface area (Å²) in [5.41, 5.74) is 0.646. The highest BCUT2D eigenvalue weighted by Crippen LogP contribution is 2.30. The summed E-state index contributed by atoms with van der Waals surface area (Å²) in [5, 5.41) is 8.71. The van der Waals surface area contributed by atoms with Crippen LogP contribution in [0.2, 0.25) is 0 Å². The lowest BCUT2D eigenvalue weighted by Crippen LogP contribution is -2.52. The molecule has 1 aromatic heterocycles. The van der Waals surface area contributed by atoms with Crippen molar-refractivity contribution in [3.8, 4) is 11.8 Å². The van der Waals surface area contributed by atoms with Gasteiger partial charge in [0.15, 0.2) is 0 Å². The second kappa shape index (κ2) is 5.64. The fraction of sp³-hybridized carbons (Fsp3) is 0.400. The number of carbonyl (C=O) groups excluding carboxylic acids is 2. The van der Waals surface area contributed by atoms with Gasteiger partial charge in [-0.3, -0.25) is 9.59 Å². The molecule has 0 radical (unpaired) electrons. The summed E-state index contributed by atoms with van der Waals surface area (Å²) >= 11 is 0. The molecule has 0 spiro atoms. The molecule has 2 unspecified atom stereocenters. The van der Waals surface area contributed by atoms with Gasteiger partial charge in [-0.15, -0.1) is 0 Å². The number of imide groups is 1. The van der Waals surface area contributed by atoms with Gasteiger partial charge in [-0.25, -0.2) is 9.88 Å². The predicted molar refractivity (Wildman–Crippen MR) is 73.2 cm³/mol. The van der Waals surface area contributed by atoms with Crippen LogP contribution in [0.25, 0.3) is 0 Å². The van der Waals surface area contributed by atoms with Crippen molar-refractivity contribution >= 4 is 17.6 Å². The maximum absolute atomic E-state index is 12.2. The molecule has 6 heteroatoms. The smallest absolute Gasteiger partial charge is 0.264 e. The zero-order valence-corrected chi connectivity index (χ0v) is 11.3. The lowest BCUT2D eigenvalue weighted by Gasteiger charge is -2.29. The van der Waals surface area contributed by atoms with E-state index in [0.717, 1.165) is 4.90 Å². The van der Waals surface area contributed by atoms with Crippen molar-refractivity contribution in [2.45, 2.75) is 31.5 Å². The molecular weight excluding hydrogens is 272 g/mol. The molecule has 0 aromatic carbocycles. The summed E-state index contributed by atoms with van der Waals surface area (Å²) in [6.07, 6.45) is 1.94. The molecule has 2 aliphatic rings. The average molecular weight is 286 g/mol. The molecule has 21 heavy (non-hydrogen) atoms. The van der Waals surface area contributed by atoms with E-state index >= 15 is 0 Å². The number of aromatic nitrogens is 1. The summed E-state index contributed by atoms with van der Waals surface area (Å²) < 4.78 is 5.36. The topological polar surface area (TPSA) is 79.7 Å². The van der Waals surface area contributed by atoms with Crippen LogP contribution in [0.15, 0.2) is 18.3 Å². The van der Waals surface area contributed by atoms with Crippen LogP contribution >= 0.6 is 0 Å². The van der Waals surface area contributed by atoms with Gasteiger partial charge in [0, 0.05) is 18.2 Å². The molecule has 2 aliphatic heterocycles. The van der Waals surface area contributed by atoms with E-state index in [4.69, 9.17) is 9.84 Å². The Morgan fingerprint density at radius 3 is 2.71 bits per heavy atom. The van der Waals surface area contributed by atoms with E-state index in [1.165, 1.54) is 6.20 Å². The van der Waals surface area contributed by atoms with Gasteiger partial charge >= 0.3 is 0 Å². The Labute approximate surface area is 121 Å². The minimum atomic E-state index is -0.543. The van der Waals surface area contributed by atoms with Gasteiger partial charge in [-0.2, -0.15) is 0 Å². The first-order valence-corrected chi connectivity index (χ1v) is 6.80. The zero-order valence-electron chi connectivity index (χ0n) is 11.3. The number of hydrogen-bond donors (Lipinski definition) is 1. The molecule has 2 bridgehead atoms. The first-order chi connectivity index (χ1) is 10.2. The van der Waals surface area contributed by atoms with E-state index in [0.29, 0.717) is 24.8 Å². The van der Waals surface area contributed by atoms with E-state index in [9.17, 15) is 9.59 Å². The molecule has 0 aliphatic carbocycles. The first kappa shape index (κ1) is 13.7. The van der Waals surface area contributed by atoms with E-state index in [-0.39, 0.29) is 24.2 Å². The number of hydrogen-bond acceptors (Lipinski definition) is 5. The van der Waals surface area contributed by atoms with Crippen LogP contribution < -0.4 is 4.90 Å². The van der Waals surface area contributed by atoms with Gasteiger partial charge in [-0.1, -0.05) is 11.8 Å². The van der Waals surface area contributed by atoms with Crippen molar-refractivity contribution in [1.29, 1.82) is 0 Å². The number of aliphatic hydroxyl groups excluding tert-OH is 1. The Balaban J connectivity index is 1.90. The van der Waals surface area contributed by atoms with Crippen LogP contribution in [-0.2, 0) is 14.3 Å². The third-order valence-corrected chi connectivity index (χ3v) is 3.46. The van der Waals surface area contributed by atoms with Gasteiger partial charge in [-0.05, 0) is 25.0 Å². The second-order valence-electron chi connectivity index (χ2n) is 4.88. The number of morpholine rings is 1. The van der Waals surface area contributed by atoms with Crippen LogP contribution in [-0.4, -0.2) is 40.7 Å². The third kappa shape index (κ3) is 2.53. The Morgan fingerprint density at radius 2 is 2.05 bits per heavy atom. The number of anilines is 1. The Hall–Kier alpha value is -2.23. The van der Waals surface area contributed by atoms with Crippen molar-refractivity contribution in [3.05, 3.63) is 23.9 Å². The molecule has 108 valence electrons. The van der Waals surface area contributed by atoms with Crippen LogP contribution in [0.1, 0.15) is 24.8 Å². The number of carbonyl (C=O) groups is 2. The predicted octanol–water partition coefficient (Wildman–Crippen LogP) is 0.236. The highest BCUT2D eigenvalue weighted by atomic mass is 16.5. The Bertz CT molecular complexity index is 625. The van der Waals surface area contributed by atoms with Gasteiger partial charge in [0.25, 0.3) is 11.8 Å². The van der Waals surface area contributed by atoms with Crippen molar-refractivity contribution < 1.29 is 19.4 Å². The Kier molecular flexibility index (Phi) is 3.69. The summed E-state index contributed by atoms with van der Waals surface area (Å²) in [7, 11) is 0. The maximum atomic E-state index is 12.2. The minimum absolute atomic E-state index is 0.00522. The summed E-state index contributed by atoms with van der Waals surface area (Å²) in [5.74, 6) is 5.21. The molecule has 3 rings (SSSR count). The van der Waals surface area contributed by atoms with Crippen molar-refractivity contribution in [3.63, 3.8) is 0 Å². The largest absolute Gasteiger partial charge is 0.395 e. The molecule has 2 saturated heterocycles. The second-order valence-corrected chi connectivity index (χ2v) is 4.88. The quantitative estimate of drug-likeness (QED) is 0.622. The number of aliphatic hydroxyl groups is 1. The van der Waals surface area contributed by atoms with Crippen LogP contribution in [0.3, 0.4) is 0 Å². The highest BCUT2D eigenvalue weighted by molar-refractivity contribution is 6.19. The lowest BCUT2D eigenvalue weighted by molar-refractivity contribution is -0.146. The van der Waals surface area contributed by atoms with Crippen molar-refractivity contribution in [2.75, 3.05) is 11.5 Å². The summed E-state index contributed by atoms with van der Waals surface area (Å²) in [4.78, 5) is 29.7. The van der Waals surface area contributed by atoms with Crippen molar-refractivity contribution in [1.82, 2.24) is 4.98 Å². The number of pyridine rings is 1. The van der Waals surface area contributed by atoms with Gasteiger partial charge in [0.2, 0.25) is 0 Å². The number of fused-ring (bicyclic) bond motifs is 2. The maximum Gasteiger partial charge on any atom is 0.264 e. The average Bonchev–Trinajstić information content (AvgIpc) is 2.93. The SMILES string of the molecule is O=C1C2CCC(O2)C(=O)N1c1cc(C#CCCO)ccn1. The zero-order chi connectivity index (χ0) is 14.8. The molecular formula is C15H14N2O4. The van der Waals surface area contributed by atoms with Crippen LogP contribution in [0, 0.1) is 11.8 Å². The number of rotatable bonds is 2. The lowest BCUT2D eigenvalue weighted by atomic mass is 10.2. The number of amides is 2. The van der Waals surface area contributed by atoms with Gasteiger partial charge in [0.1, 0.15) is 18.0 Å². The third-order valence-electron chi connectivity index (χ3n) is 3.46. The Morgan fingerprint density at radius 1 is 1.33 bits per heavy atom. The fourth-order valence-electron chi connectivity index (χ4n) is 2.46. The minimum Gasteiger partial charge on any atom is -0.395 e. The first-order valence-electron chi connectivity index (χ1n) is 6.80. The normalized spacial score (nSPS) is 24.0. The molecule has 2 atom stereocenters. The van der Waals surface area contributed by atoms with Gasteiger partial charge < -0.3 is 9.84 Å². The van der Waals surface area contributed by atoms with E-state index in [1.807, 2.05) is 0 Å². The van der Waals surface area contributed by atoms with E-state index in [1.54, 1.807) is 12.1 Å².